The molecule has 1 heterocycles. The zero-order valence-corrected chi connectivity index (χ0v) is 32.4. The van der Waals surface area contributed by atoms with Gasteiger partial charge in [0.1, 0.15) is 12.7 Å². The summed E-state index contributed by atoms with van der Waals surface area (Å²) in [7, 11) is -4.61. The third kappa shape index (κ3) is 28.3. The van der Waals surface area contributed by atoms with Crippen molar-refractivity contribution in [1.82, 2.24) is 0 Å². The van der Waals surface area contributed by atoms with E-state index in [4.69, 9.17) is 23.8 Å². The molecule has 0 aromatic carbocycles. The second kappa shape index (κ2) is 30.2. The van der Waals surface area contributed by atoms with Crippen LogP contribution in [0.15, 0.2) is 12.2 Å². The van der Waals surface area contributed by atoms with Crippen LogP contribution in [0.1, 0.15) is 162 Å². The van der Waals surface area contributed by atoms with Gasteiger partial charge in [0.25, 0.3) is 0 Å². The van der Waals surface area contributed by atoms with Gasteiger partial charge >= 0.3 is 19.8 Å². The summed E-state index contributed by atoms with van der Waals surface area (Å²) in [6.45, 7) is 4.59. The third-order valence-electron chi connectivity index (χ3n) is 8.77. The van der Waals surface area contributed by atoms with Crippen LogP contribution in [0.3, 0.4) is 0 Å². The standard InChI is InChI=1S/C38H71O11P/c1-4-5-18-24-35-36(49-35)25-20-15-11-7-9-12-16-21-26-37(41)45-30-34(31-47-50(43,44)46-29-33(40)28-39)48-38(42)27-22-17-13-8-6-10-14-19-23-32(2)3/h15,20,32-36,39-40H,4-14,16-19,21-31H2,1-3H3,(H,43,44)/b20-15-/t33-,34+,35?,36?/m0/s1. The van der Waals surface area contributed by atoms with Gasteiger partial charge in [0.2, 0.25) is 0 Å². The number of carbonyl (C=O) groups excluding carboxylic acids is 2. The molecule has 0 aromatic heterocycles. The third-order valence-corrected chi connectivity index (χ3v) is 9.72. The van der Waals surface area contributed by atoms with E-state index in [1.807, 2.05) is 0 Å². The lowest BCUT2D eigenvalue weighted by Crippen LogP contribution is -2.29. The van der Waals surface area contributed by atoms with Gasteiger partial charge in [0, 0.05) is 12.8 Å². The van der Waals surface area contributed by atoms with Crippen molar-refractivity contribution in [3.63, 3.8) is 0 Å². The van der Waals surface area contributed by atoms with Crippen LogP contribution in [0.4, 0.5) is 0 Å². The molecule has 1 aliphatic rings. The SMILES string of the molecule is CCCCCC1OC1C/C=C\CCCCCCCC(=O)OC[C@H](COP(=O)(O)OC[C@@H](O)CO)OC(=O)CCCCCCCCCCC(C)C. The summed E-state index contributed by atoms with van der Waals surface area (Å²) < 4.78 is 38.3. The fourth-order valence-electron chi connectivity index (χ4n) is 5.60. The molecule has 294 valence electrons. The smallest absolute Gasteiger partial charge is 0.462 e. The Bertz CT molecular complexity index is 928. The summed E-state index contributed by atoms with van der Waals surface area (Å²) >= 11 is 0. The van der Waals surface area contributed by atoms with Crippen molar-refractivity contribution in [2.24, 2.45) is 5.92 Å². The molecule has 1 fully saturated rings. The van der Waals surface area contributed by atoms with Gasteiger partial charge in [-0.3, -0.25) is 18.6 Å². The Balaban J connectivity index is 2.27. The van der Waals surface area contributed by atoms with Crippen LogP contribution in [0.5, 0.6) is 0 Å². The number of aliphatic hydroxyl groups excluding tert-OH is 2. The highest BCUT2D eigenvalue weighted by molar-refractivity contribution is 7.47. The predicted molar refractivity (Wildman–Crippen MR) is 196 cm³/mol. The highest BCUT2D eigenvalue weighted by atomic mass is 31.2. The number of phosphoric acid groups is 1. The van der Waals surface area contributed by atoms with Gasteiger partial charge in [-0.1, -0.05) is 123 Å². The number of hydrogen-bond donors (Lipinski definition) is 3. The van der Waals surface area contributed by atoms with E-state index in [-0.39, 0.29) is 19.4 Å². The number of allylic oxidation sites excluding steroid dienone is 1. The van der Waals surface area contributed by atoms with Crippen LogP contribution in [-0.4, -0.2) is 77.9 Å². The highest BCUT2D eigenvalue weighted by Gasteiger charge is 2.36. The molecule has 1 saturated heterocycles. The van der Waals surface area contributed by atoms with Gasteiger partial charge in [-0.15, -0.1) is 0 Å². The molecule has 0 saturated carbocycles. The van der Waals surface area contributed by atoms with Crippen LogP contribution >= 0.6 is 7.82 Å². The van der Waals surface area contributed by atoms with Crippen molar-refractivity contribution in [1.29, 1.82) is 0 Å². The van der Waals surface area contributed by atoms with E-state index in [0.29, 0.717) is 25.0 Å². The summed E-state index contributed by atoms with van der Waals surface area (Å²) in [6.07, 6.45) is 25.1. The Kier molecular flexibility index (Phi) is 28.2. The number of hydrogen-bond acceptors (Lipinski definition) is 10. The number of epoxide rings is 1. The second-order valence-electron chi connectivity index (χ2n) is 14.2. The first-order chi connectivity index (χ1) is 24.1. The lowest BCUT2D eigenvalue weighted by atomic mass is 10.0. The molecule has 5 atom stereocenters. The second-order valence-corrected chi connectivity index (χ2v) is 15.6. The van der Waals surface area contributed by atoms with E-state index in [1.165, 1.54) is 57.8 Å². The average molecular weight is 735 g/mol. The molecule has 11 nitrogen and oxygen atoms in total. The Morgan fingerprint density at radius 1 is 0.760 bits per heavy atom. The van der Waals surface area contributed by atoms with Crippen LogP contribution < -0.4 is 0 Å². The van der Waals surface area contributed by atoms with Crippen molar-refractivity contribution < 1.29 is 52.5 Å². The molecule has 12 heteroatoms. The van der Waals surface area contributed by atoms with Crippen LogP contribution in [0.25, 0.3) is 0 Å². The number of ether oxygens (including phenoxy) is 3. The summed E-state index contributed by atoms with van der Waals surface area (Å²) in [5, 5.41) is 18.3. The van der Waals surface area contributed by atoms with E-state index < -0.39 is 51.8 Å². The Labute approximate surface area is 302 Å². The zero-order chi connectivity index (χ0) is 36.9. The lowest BCUT2D eigenvalue weighted by molar-refractivity contribution is -0.161. The average Bonchev–Trinajstić information content (AvgIpc) is 3.84. The highest BCUT2D eigenvalue weighted by Crippen LogP contribution is 2.43. The van der Waals surface area contributed by atoms with E-state index >= 15 is 0 Å². The summed E-state index contributed by atoms with van der Waals surface area (Å²) in [5.74, 6) is -0.192. The van der Waals surface area contributed by atoms with Gasteiger partial charge in [-0.2, -0.15) is 0 Å². The largest absolute Gasteiger partial charge is 0.472 e. The van der Waals surface area contributed by atoms with E-state index in [9.17, 15) is 24.2 Å². The van der Waals surface area contributed by atoms with E-state index in [1.54, 1.807) is 0 Å². The number of carbonyl (C=O) groups is 2. The maximum absolute atomic E-state index is 12.5. The van der Waals surface area contributed by atoms with Crippen LogP contribution in [0.2, 0.25) is 0 Å². The van der Waals surface area contributed by atoms with E-state index in [0.717, 1.165) is 63.7 Å². The first kappa shape index (κ1) is 46.7. The predicted octanol–water partition coefficient (Wildman–Crippen LogP) is 8.51. The minimum atomic E-state index is -4.61. The lowest BCUT2D eigenvalue weighted by Gasteiger charge is -2.20. The minimum Gasteiger partial charge on any atom is -0.462 e. The van der Waals surface area contributed by atoms with Gasteiger partial charge < -0.3 is 29.3 Å². The van der Waals surface area contributed by atoms with Gasteiger partial charge in [0.15, 0.2) is 6.10 Å². The molecule has 50 heavy (non-hydrogen) atoms. The molecule has 3 unspecified atom stereocenters. The number of aliphatic hydroxyl groups is 2. The maximum atomic E-state index is 12.5. The first-order valence-corrected chi connectivity index (χ1v) is 21.1. The number of phosphoric ester groups is 1. The first-order valence-electron chi connectivity index (χ1n) is 19.6. The quantitative estimate of drug-likeness (QED) is 0.0188. The van der Waals surface area contributed by atoms with Crippen molar-refractivity contribution in [2.45, 2.75) is 186 Å². The topological polar surface area (TPSA) is 161 Å². The zero-order valence-electron chi connectivity index (χ0n) is 31.5. The molecule has 0 aromatic rings. The van der Waals surface area contributed by atoms with Gasteiger partial charge in [-0.25, -0.2) is 4.57 Å². The molecule has 1 rings (SSSR count). The number of esters is 2. The molecule has 0 bridgehead atoms. The summed E-state index contributed by atoms with van der Waals surface area (Å²) in [5.41, 5.74) is 0. The van der Waals surface area contributed by atoms with E-state index in [2.05, 4.69) is 37.4 Å². The Hall–Kier alpha value is -1.33. The Morgan fingerprint density at radius 2 is 1.36 bits per heavy atom. The fourth-order valence-corrected chi connectivity index (χ4v) is 6.38. The fraction of sp³-hybridized carbons (Fsp3) is 0.895. The normalized spacial score (nSPS) is 18.3. The molecule has 1 aliphatic heterocycles. The van der Waals surface area contributed by atoms with Crippen molar-refractivity contribution >= 4 is 19.8 Å². The molecule has 0 aliphatic carbocycles. The number of unbranched alkanes of at least 4 members (excludes halogenated alkanes) is 14. The van der Waals surface area contributed by atoms with Crippen molar-refractivity contribution in [2.75, 3.05) is 26.4 Å². The van der Waals surface area contributed by atoms with Crippen molar-refractivity contribution in [3.05, 3.63) is 12.2 Å². The maximum Gasteiger partial charge on any atom is 0.472 e. The monoisotopic (exact) mass is 734 g/mol. The molecule has 0 amide bonds. The molecular formula is C38H71O11P. The Morgan fingerprint density at radius 3 is 2.00 bits per heavy atom. The van der Waals surface area contributed by atoms with Gasteiger partial charge in [-0.05, 0) is 44.4 Å². The molecule has 0 radical (unpaired) electrons. The minimum absolute atomic E-state index is 0.180. The number of rotatable bonds is 35. The van der Waals surface area contributed by atoms with Gasteiger partial charge in [0.05, 0.1) is 32.0 Å². The molecular weight excluding hydrogens is 663 g/mol. The summed E-state index contributed by atoms with van der Waals surface area (Å²) in [4.78, 5) is 34.8. The molecule has 0 spiro atoms. The van der Waals surface area contributed by atoms with Crippen LogP contribution in [0, 0.1) is 5.92 Å². The van der Waals surface area contributed by atoms with Crippen molar-refractivity contribution in [3.8, 4) is 0 Å². The summed E-state index contributed by atoms with van der Waals surface area (Å²) in [6, 6.07) is 0. The van der Waals surface area contributed by atoms with Crippen LogP contribution in [-0.2, 0) is 37.4 Å². The molecule has 3 N–H and O–H groups in total.